The van der Waals surface area contributed by atoms with Gasteiger partial charge in [0, 0.05) is 37.0 Å². The fraction of sp³-hybridized carbons (Fsp3) is 0.611. The lowest BCUT2D eigenvalue weighted by atomic mass is 9.78. The van der Waals surface area contributed by atoms with Crippen LogP contribution in [0.4, 0.5) is 0 Å². The number of hydrogen-bond donors (Lipinski definition) is 1. The molecule has 0 saturated carbocycles. The van der Waals surface area contributed by atoms with Crippen molar-refractivity contribution in [3.05, 3.63) is 23.7 Å². The number of carbonyl (C=O) groups is 1. The monoisotopic (exact) mass is 343 g/mol. The molecule has 134 valence electrons. The van der Waals surface area contributed by atoms with Crippen molar-refractivity contribution < 1.29 is 9.32 Å². The summed E-state index contributed by atoms with van der Waals surface area (Å²) in [5.74, 6) is 0.257. The van der Waals surface area contributed by atoms with Crippen LogP contribution in [0.1, 0.15) is 48.9 Å². The Bertz CT molecular complexity index is 791. The predicted molar refractivity (Wildman–Crippen MR) is 93.1 cm³/mol. The summed E-state index contributed by atoms with van der Waals surface area (Å²) >= 11 is 0. The van der Waals surface area contributed by atoms with Crippen LogP contribution in [0.3, 0.4) is 0 Å². The largest absolute Gasteiger partial charge is 0.350 e. The van der Waals surface area contributed by atoms with Gasteiger partial charge in [0.25, 0.3) is 5.91 Å². The van der Waals surface area contributed by atoms with Crippen LogP contribution in [0.5, 0.6) is 0 Å². The Balaban J connectivity index is 1.60. The van der Waals surface area contributed by atoms with Crippen LogP contribution < -0.4 is 5.32 Å². The molecule has 7 nitrogen and oxygen atoms in total. The number of nitrogens with zero attached hydrogens (tertiary/aromatic N) is 4. The third-order valence-electron chi connectivity index (χ3n) is 5.66. The number of nitrogens with one attached hydrogen (secondary N) is 1. The molecule has 1 amide bonds. The summed E-state index contributed by atoms with van der Waals surface area (Å²) in [6.45, 7) is 5.97. The fourth-order valence-corrected chi connectivity index (χ4v) is 4.37. The van der Waals surface area contributed by atoms with Crippen LogP contribution in [0.15, 0.2) is 16.8 Å². The van der Waals surface area contributed by atoms with E-state index in [1.54, 1.807) is 10.7 Å². The van der Waals surface area contributed by atoms with Gasteiger partial charge in [0.15, 0.2) is 0 Å². The minimum Gasteiger partial charge on any atom is -0.350 e. The molecule has 0 aliphatic carbocycles. The summed E-state index contributed by atoms with van der Waals surface area (Å²) in [6.07, 6.45) is 6.15. The molecule has 0 aromatic carbocycles. The first-order valence-corrected chi connectivity index (χ1v) is 9.01. The van der Waals surface area contributed by atoms with Crippen LogP contribution in [-0.4, -0.2) is 50.4 Å². The Morgan fingerprint density at radius 3 is 3.04 bits per heavy atom. The molecule has 0 radical (unpaired) electrons. The Kier molecular flexibility index (Phi) is 3.91. The minimum absolute atomic E-state index is 0.00888. The molecule has 0 unspecified atom stereocenters. The van der Waals surface area contributed by atoms with Gasteiger partial charge in [-0.05, 0) is 46.1 Å². The number of aromatic nitrogens is 3. The zero-order chi connectivity index (χ0) is 17.6. The number of carbonyl (C=O) groups excluding carboxylic acids is 1. The van der Waals surface area contributed by atoms with Crippen molar-refractivity contribution in [1.29, 1.82) is 0 Å². The van der Waals surface area contributed by atoms with Gasteiger partial charge >= 0.3 is 0 Å². The molecule has 2 aromatic heterocycles. The normalized spacial score (nSPS) is 26.5. The van der Waals surface area contributed by atoms with Gasteiger partial charge in [0.05, 0.1) is 11.7 Å². The van der Waals surface area contributed by atoms with Gasteiger partial charge in [-0.3, -0.25) is 9.48 Å². The molecule has 7 heteroatoms. The number of hydrogen-bond acceptors (Lipinski definition) is 5. The molecule has 4 heterocycles. The van der Waals surface area contributed by atoms with Crippen molar-refractivity contribution in [2.75, 3.05) is 13.1 Å². The summed E-state index contributed by atoms with van der Waals surface area (Å²) < 4.78 is 7.15. The maximum absolute atomic E-state index is 13.1. The zero-order valence-corrected chi connectivity index (χ0v) is 15.1. The molecular formula is C18H25N5O2. The van der Waals surface area contributed by atoms with Crippen LogP contribution >= 0.6 is 0 Å². The van der Waals surface area contributed by atoms with E-state index >= 15 is 0 Å². The van der Waals surface area contributed by atoms with E-state index in [0.29, 0.717) is 11.5 Å². The first kappa shape index (κ1) is 16.3. The van der Waals surface area contributed by atoms with Crippen molar-refractivity contribution >= 4 is 5.91 Å². The molecule has 2 aliphatic heterocycles. The second-order valence-electron chi connectivity index (χ2n) is 7.48. The average molecular weight is 343 g/mol. The van der Waals surface area contributed by atoms with Crippen LogP contribution in [0.25, 0.3) is 11.3 Å². The first-order valence-electron chi connectivity index (χ1n) is 9.01. The Morgan fingerprint density at radius 2 is 2.28 bits per heavy atom. The summed E-state index contributed by atoms with van der Waals surface area (Å²) in [4.78, 5) is 15.1. The quantitative estimate of drug-likeness (QED) is 0.904. The number of fused-ring (bicyclic) bond motifs is 1. The summed E-state index contributed by atoms with van der Waals surface area (Å²) in [7, 11) is 1.87. The first-order chi connectivity index (χ1) is 12.0. The highest BCUT2D eigenvalue weighted by atomic mass is 16.5. The molecule has 2 aliphatic rings. The third kappa shape index (κ3) is 2.76. The van der Waals surface area contributed by atoms with Crippen LogP contribution in [0, 0.1) is 6.92 Å². The van der Waals surface area contributed by atoms with Gasteiger partial charge in [-0.25, -0.2) is 0 Å². The topological polar surface area (TPSA) is 76.2 Å². The van der Waals surface area contributed by atoms with E-state index < -0.39 is 0 Å². The van der Waals surface area contributed by atoms with Gasteiger partial charge in [-0.2, -0.15) is 5.10 Å². The van der Waals surface area contributed by atoms with E-state index in [9.17, 15) is 4.79 Å². The highest BCUT2D eigenvalue weighted by Crippen LogP contribution is 2.34. The number of likely N-dealkylation sites (tertiary alicyclic amines) is 1. The predicted octanol–water partition coefficient (Wildman–Crippen LogP) is 2.13. The van der Waals surface area contributed by atoms with E-state index in [1.165, 1.54) is 0 Å². The van der Waals surface area contributed by atoms with E-state index in [-0.39, 0.29) is 17.5 Å². The lowest BCUT2D eigenvalue weighted by Gasteiger charge is -2.51. The highest BCUT2D eigenvalue weighted by Gasteiger charge is 2.44. The van der Waals surface area contributed by atoms with Gasteiger partial charge in [0.1, 0.15) is 5.69 Å². The average Bonchev–Trinajstić information content (AvgIpc) is 3.19. The fourth-order valence-electron chi connectivity index (χ4n) is 4.37. The number of amides is 1. The Morgan fingerprint density at radius 1 is 1.44 bits per heavy atom. The van der Waals surface area contributed by atoms with Crippen molar-refractivity contribution in [3.63, 3.8) is 0 Å². The Labute approximate surface area is 147 Å². The lowest BCUT2D eigenvalue weighted by Crippen LogP contribution is -2.65. The van der Waals surface area contributed by atoms with Gasteiger partial charge in [-0.1, -0.05) is 5.16 Å². The maximum Gasteiger partial charge on any atom is 0.292 e. The second kappa shape index (κ2) is 5.98. The third-order valence-corrected chi connectivity index (χ3v) is 5.66. The van der Waals surface area contributed by atoms with Crippen molar-refractivity contribution in [3.8, 4) is 11.3 Å². The number of rotatable bonds is 2. The molecule has 2 saturated heterocycles. The second-order valence-corrected chi connectivity index (χ2v) is 7.48. The number of aryl methyl sites for hydroxylation is 2. The van der Waals surface area contributed by atoms with E-state index in [4.69, 9.17) is 4.52 Å². The van der Waals surface area contributed by atoms with Gasteiger partial charge in [-0.15, -0.1) is 0 Å². The van der Waals surface area contributed by atoms with Gasteiger partial charge < -0.3 is 14.7 Å². The smallest absolute Gasteiger partial charge is 0.292 e. The Hall–Kier alpha value is -2.15. The highest BCUT2D eigenvalue weighted by molar-refractivity contribution is 5.93. The van der Waals surface area contributed by atoms with E-state index in [2.05, 4.69) is 22.5 Å². The van der Waals surface area contributed by atoms with Crippen molar-refractivity contribution in [2.24, 2.45) is 7.05 Å². The van der Waals surface area contributed by atoms with Crippen LogP contribution in [0.2, 0.25) is 0 Å². The lowest BCUT2D eigenvalue weighted by molar-refractivity contribution is 0.0223. The summed E-state index contributed by atoms with van der Waals surface area (Å²) in [6, 6.07) is 1.96. The molecule has 1 N–H and O–H groups in total. The SMILES string of the molecule is Cc1nn(C)cc1-c1cc(C(=O)N2CCC[C@]3(C)NCCC[C@@H]23)on1. The van der Waals surface area contributed by atoms with Gasteiger partial charge in [0.2, 0.25) is 5.76 Å². The number of piperidine rings is 2. The maximum atomic E-state index is 13.1. The van der Waals surface area contributed by atoms with E-state index in [1.807, 2.05) is 25.1 Å². The summed E-state index contributed by atoms with van der Waals surface area (Å²) in [5.41, 5.74) is 2.44. The molecule has 0 spiro atoms. The van der Waals surface area contributed by atoms with E-state index in [0.717, 1.165) is 50.0 Å². The molecule has 0 bridgehead atoms. The molecule has 4 rings (SSSR count). The minimum atomic E-state index is -0.0556. The molecule has 2 aromatic rings. The van der Waals surface area contributed by atoms with Crippen molar-refractivity contribution in [1.82, 2.24) is 25.2 Å². The van der Waals surface area contributed by atoms with Crippen molar-refractivity contribution in [2.45, 2.75) is 51.1 Å². The standard InChI is InChI=1S/C18H25N5O2/c1-12-13(11-22(3)20-12)14-10-15(25-21-14)17(24)23-9-5-7-18(2)16(23)6-4-8-19-18/h10-11,16,19H,4-9H2,1-3H3/t16-,18+/m1/s1. The molecule has 25 heavy (non-hydrogen) atoms. The molecular weight excluding hydrogens is 318 g/mol. The van der Waals surface area contributed by atoms with Crippen LogP contribution in [-0.2, 0) is 7.05 Å². The molecule has 2 atom stereocenters. The zero-order valence-electron chi connectivity index (χ0n) is 15.1. The summed E-state index contributed by atoms with van der Waals surface area (Å²) in [5, 5.41) is 12.1. The molecule has 2 fully saturated rings.